The monoisotopic (exact) mass is 443 g/mol. The van der Waals surface area contributed by atoms with Crippen LogP contribution in [0.1, 0.15) is 19.4 Å². The normalized spacial score (nSPS) is 16.1. The molecule has 33 heavy (non-hydrogen) atoms. The molecule has 0 atom stereocenters. The van der Waals surface area contributed by atoms with Crippen molar-refractivity contribution in [1.82, 2.24) is 14.9 Å². The summed E-state index contributed by atoms with van der Waals surface area (Å²) in [7, 11) is 2.16. The van der Waals surface area contributed by atoms with Crippen LogP contribution in [-0.4, -0.2) is 59.5 Å². The molecule has 4 heterocycles. The van der Waals surface area contributed by atoms with Crippen molar-refractivity contribution in [3.05, 3.63) is 60.8 Å². The molecule has 0 amide bonds. The van der Waals surface area contributed by atoms with Crippen molar-refractivity contribution in [3.8, 4) is 11.1 Å². The second-order valence-corrected chi connectivity index (χ2v) is 9.37. The van der Waals surface area contributed by atoms with Gasteiger partial charge in [0.15, 0.2) is 0 Å². The minimum absolute atomic E-state index is 0.194. The Labute approximate surface area is 195 Å². The summed E-state index contributed by atoms with van der Waals surface area (Å²) in [5.74, 6) is 1.71. The van der Waals surface area contributed by atoms with E-state index in [0.29, 0.717) is 5.84 Å². The highest BCUT2D eigenvalue weighted by atomic mass is 15.3. The lowest BCUT2D eigenvalue weighted by Gasteiger charge is -2.33. The SMILES string of the molecule is C=CC(C)(C)N.CN1CCN(c2ccc3ncc(-c4ccc5c(c4)N=C(N)C5)cc3n2)CC1. The fourth-order valence-electron chi connectivity index (χ4n) is 3.75. The molecule has 2 aliphatic rings. The highest BCUT2D eigenvalue weighted by molar-refractivity contribution is 5.92. The first kappa shape index (κ1) is 22.9. The zero-order valence-electron chi connectivity index (χ0n) is 19.8. The molecular weight excluding hydrogens is 410 g/mol. The number of nitrogens with two attached hydrogens (primary N) is 2. The third kappa shape index (κ3) is 5.56. The van der Waals surface area contributed by atoms with E-state index in [1.54, 1.807) is 6.08 Å². The largest absolute Gasteiger partial charge is 0.387 e. The van der Waals surface area contributed by atoms with Gasteiger partial charge in [-0.1, -0.05) is 18.2 Å². The Morgan fingerprint density at radius 1 is 1.00 bits per heavy atom. The van der Waals surface area contributed by atoms with E-state index in [2.05, 4.69) is 69.8 Å². The number of piperazine rings is 1. The number of likely N-dealkylation sites (N-methyl/N-ethyl adjacent to an activating group) is 1. The predicted molar refractivity (Wildman–Crippen MR) is 138 cm³/mol. The molecule has 3 aromatic rings. The molecular formula is C26H33N7. The maximum absolute atomic E-state index is 5.86. The van der Waals surface area contributed by atoms with Crippen molar-refractivity contribution >= 4 is 28.4 Å². The third-order valence-electron chi connectivity index (χ3n) is 5.93. The van der Waals surface area contributed by atoms with Crippen molar-refractivity contribution in [3.63, 3.8) is 0 Å². The van der Waals surface area contributed by atoms with E-state index in [1.165, 1.54) is 5.56 Å². The van der Waals surface area contributed by atoms with Gasteiger partial charge in [0, 0.05) is 49.9 Å². The molecule has 1 saturated heterocycles. The number of nitrogens with zero attached hydrogens (tertiary/aromatic N) is 5. The number of hydrogen-bond acceptors (Lipinski definition) is 7. The van der Waals surface area contributed by atoms with Crippen LogP contribution in [-0.2, 0) is 6.42 Å². The van der Waals surface area contributed by atoms with E-state index in [9.17, 15) is 0 Å². The van der Waals surface area contributed by atoms with Gasteiger partial charge in [0.25, 0.3) is 0 Å². The molecule has 7 nitrogen and oxygen atoms in total. The molecule has 172 valence electrons. The molecule has 0 spiro atoms. The van der Waals surface area contributed by atoms with Crippen LogP contribution in [0.3, 0.4) is 0 Å². The number of aromatic nitrogens is 2. The average Bonchev–Trinajstić information content (AvgIpc) is 3.18. The van der Waals surface area contributed by atoms with Crippen LogP contribution in [0, 0.1) is 0 Å². The summed E-state index contributed by atoms with van der Waals surface area (Å²) in [6.07, 6.45) is 4.36. The molecule has 7 heteroatoms. The Kier molecular flexibility index (Phi) is 6.44. The van der Waals surface area contributed by atoms with Gasteiger partial charge in [-0.15, -0.1) is 6.58 Å². The summed E-state index contributed by atoms with van der Waals surface area (Å²) in [5, 5.41) is 0. The minimum atomic E-state index is -0.194. The highest BCUT2D eigenvalue weighted by Crippen LogP contribution is 2.32. The Morgan fingerprint density at radius 3 is 2.42 bits per heavy atom. The first-order valence-corrected chi connectivity index (χ1v) is 11.3. The van der Waals surface area contributed by atoms with Crippen molar-refractivity contribution in [1.29, 1.82) is 0 Å². The molecule has 4 N–H and O–H groups in total. The summed E-state index contributed by atoms with van der Waals surface area (Å²) in [6, 6.07) is 12.6. The summed E-state index contributed by atoms with van der Waals surface area (Å²) in [6.45, 7) is 11.5. The second kappa shape index (κ2) is 9.29. The number of aliphatic imine (C=N–C) groups is 1. The first-order chi connectivity index (χ1) is 15.7. The number of benzene rings is 1. The van der Waals surface area contributed by atoms with Crippen molar-refractivity contribution < 1.29 is 0 Å². The molecule has 0 radical (unpaired) electrons. The molecule has 0 unspecified atom stereocenters. The second-order valence-electron chi connectivity index (χ2n) is 9.37. The fraction of sp³-hybridized carbons (Fsp3) is 0.346. The van der Waals surface area contributed by atoms with Gasteiger partial charge in [-0.25, -0.2) is 9.98 Å². The van der Waals surface area contributed by atoms with Gasteiger partial charge in [0.1, 0.15) is 11.7 Å². The Morgan fingerprint density at radius 2 is 1.73 bits per heavy atom. The molecule has 2 aliphatic heterocycles. The van der Waals surface area contributed by atoms with Gasteiger partial charge >= 0.3 is 0 Å². The summed E-state index contributed by atoms with van der Waals surface area (Å²) in [5.41, 5.74) is 17.2. The van der Waals surface area contributed by atoms with Gasteiger partial charge in [0.2, 0.25) is 0 Å². The Balaban J connectivity index is 0.000000385. The lowest BCUT2D eigenvalue weighted by atomic mass is 10.0. The summed E-state index contributed by atoms with van der Waals surface area (Å²) >= 11 is 0. The molecule has 2 aromatic heterocycles. The maximum Gasteiger partial charge on any atom is 0.129 e. The number of amidine groups is 1. The van der Waals surface area contributed by atoms with E-state index < -0.39 is 0 Å². The van der Waals surface area contributed by atoms with E-state index >= 15 is 0 Å². The summed E-state index contributed by atoms with van der Waals surface area (Å²) < 4.78 is 0. The maximum atomic E-state index is 5.86. The number of rotatable bonds is 3. The highest BCUT2D eigenvalue weighted by Gasteiger charge is 2.16. The quantitative estimate of drug-likeness (QED) is 0.602. The number of hydrogen-bond donors (Lipinski definition) is 2. The van der Waals surface area contributed by atoms with Crippen LogP contribution in [0.15, 0.2) is 60.2 Å². The Hall–Kier alpha value is -3.29. The zero-order valence-corrected chi connectivity index (χ0v) is 19.8. The smallest absolute Gasteiger partial charge is 0.129 e. The van der Waals surface area contributed by atoms with Crippen LogP contribution in [0.2, 0.25) is 0 Å². The Bertz CT molecular complexity index is 1180. The zero-order chi connectivity index (χ0) is 23.6. The molecule has 0 bridgehead atoms. The first-order valence-electron chi connectivity index (χ1n) is 11.3. The van der Waals surface area contributed by atoms with Gasteiger partial charge in [-0.2, -0.15) is 0 Å². The molecule has 5 rings (SSSR count). The lowest BCUT2D eigenvalue weighted by Crippen LogP contribution is -2.44. The van der Waals surface area contributed by atoms with E-state index in [-0.39, 0.29) is 5.54 Å². The van der Waals surface area contributed by atoms with Gasteiger partial charge in [-0.3, -0.25) is 4.98 Å². The van der Waals surface area contributed by atoms with Crippen molar-refractivity contribution in [2.45, 2.75) is 25.8 Å². The van der Waals surface area contributed by atoms with Crippen molar-refractivity contribution in [2.75, 3.05) is 38.1 Å². The number of fused-ring (bicyclic) bond motifs is 2. The molecule has 1 aromatic carbocycles. The van der Waals surface area contributed by atoms with Crippen LogP contribution in [0.25, 0.3) is 22.2 Å². The third-order valence-corrected chi connectivity index (χ3v) is 5.93. The summed E-state index contributed by atoms with van der Waals surface area (Å²) in [4.78, 5) is 18.6. The van der Waals surface area contributed by atoms with Crippen LogP contribution in [0.5, 0.6) is 0 Å². The minimum Gasteiger partial charge on any atom is -0.387 e. The standard InChI is InChI=1S/C21H22N6.C5H11N/c1-26-6-8-27(9-7-26)21-5-4-17-19(25-21)11-16(13-23-17)14-2-3-15-12-20(22)24-18(15)10-14;1-4-5(2,3)6/h2-5,10-11,13H,6-9,12H2,1H3,(H2,22,24);4H,1,6H2,2-3H3. The number of anilines is 1. The molecule has 0 aliphatic carbocycles. The van der Waals surface area contributed by atoms with E-state index in [0.717, 1.165) is 66.3 Å². The van der Waals surface area contributed by atoms with Crippen LogP contribution < -0.4 is 16.4 Å². The van der Waals surface area contributed by atoms with Crippen LogP contribution in [0.4, 0.5) is 11.5 Å². The topological polar surface area (TPSA) is 96.7 Å². The van der Waals surface area contributed by atoms with Gasteiger partial charge in [0.05, 0.1) is 16.7 Å². The van der Waals surface area contributed by atoms with Crippen molar-refractivity contribution in [2.24, 2.45) is 16.5 Å². The average molecular weight is 444 g/mol. The number of pyridine rings is 2. The lowest BCUT2D eigenvalue weighted by molar-refractivity contribution is 0.312. The van der Waals surface area contributed by atoms with Gasteiger partial charge < -0.3 is 21.3 Å². The van der Waals surface area contributed by atoms with Gasteiger partial charge in [-0.05, 0) is 56.3 Å². The van der Waals surface area contributed by atoms with Crippen LogP contribution >= 0.6 is 0 Å². The molecule has 1 fully saturated rings. The predicted octanol–water partition coefficient (Wildman–Crippen LogP) is 3.50. The van der Waals surface area contributed by atoms with E-state index in [4.69, 9.17) is 16.5 Å². The fourth-order valence-corrected chi connectivity index (χ4v) is 3.75. The molecule has 0 saturated carbocycles. The van der Waals surface area contributed by atoms with E-state index in [1.807, 2.05) is 20.0 Å².